The Labute approximate surface area is 188 Å². The molecule has 0 aliphatic heterocycles. The summed E-state index contributed by atoms with van der Waals surface area (Å²) in [4.78, 5) is 13.0. The lowest BCUT2D eigenvalue weighted by Gasteiger charge is -2.22. The molecule has 0 unspecified atom stereocenters. The molecule has 162 valence electrons. The van der Waals surface area contributed by atoms with Crippen LogP contribution in [0.15, 0.2) is 108 Å². The van der Waals surface area contributed by atoms with Gasteiger partial charge in [0.15, 0.2) is 0 Å². The number of rotatable bonds is 8. The fourth-order valence-corrected chi connectivity index (χ4v) is 5.02. The second-order valence-electron chi connectivity index (χ2n) is 7.49. The second kappa shape index (κ2) is 9.77. The molecule has 0 fully saturated rings. The molecule has 1 N–H and O–H groups in total. The fourth-order valence-electron chi connectivity index (χ4n) is 3.61. The predicted molar refractivity (Wildman–Crippen MR) is 126 cm³/mol. The molecule has 0 aromatic heterocycles. The average Bonchev–Trinajstić information content (AvgIpc) is 2.83. The van der Waals surface area contributed by atoms with Gasteiger partial charge in [0.1, 0.15) is 0 Å². The summed E-state index contributed by atoms with van der Waals surface area (Å²) < 4.78 is 27.8. The lowest BCUT2D eigenvalue weighted by Crippen LogP contribution is -2.40. The van der Waals surface area contributed by atoms with Crippen molar-refractivity contribution in [2.45, 2.75) is 18.0 Å². The highest BCUT2D eigenvalue weighted by molar-refractivity contribution is 7.89. The summed E-state index contributed by atoms with van der Waals surface area (Å²) in [7, 11) is -3.84. The summed E-state index contributed by atoms with van der Waals surface area (Å²) in [6.45, 7) is 0.168. The molecule has 32 heavy (non-hydrogen) atoms. The normalized spacial score (nSPS) is 11.5. The maximum atomic E-state index is 13.3. The number of benzene rings is 4. The Morgan fingerprint density at radius 1 is 0.750 bits per heavy atom. The average molecular weight is 445 g/mol. The van der Waals surface area contributed by atoms with Crippen LogP contribution in [-0.2, 0) is 27.9 Å². The lowest BCUT2D eigenvalue weighted by molar-refractivity contribution is -0.121. The summed E-state index contributed by atoms with van der Waals surface area (Å²) in [5.41, 5.74) is 1.80. The highest BCUT2D eigenvalue weighted by Crippen LogP contribution is 2.20. The van der Waals surface area contributed by atoms with Gasteiger partial charge in [-0.3, -0.25) is 4.79 Å². The molecular weight excluding hydrogens is 420 g/mol. The van der Waals surface area contributed by atoms with Crippen LogP contribution in [0.4, 0.5) is 0 Å². The van der Waals surface area contributed by atoms with Crippen molar-refractivity contribution in [1.29, 1.82) is 0 Å². The van der Waals surface area contributed by atoms with Crippen molar-refractivity contribution in [2.75, 3.05) is 6.54 Å². The molecule has 0 radical (unpaired) electrons. The molecule has 0 heterocycles. The maximum absolute atomic E-state index is 13.3. The van der Waals surface area contributed by atoms with Gasteiger partial charge < -0.3 is 5.32 Å². The third kappa shape index (κ3) is 5.04. The van der Waals surface area contributed by atoms with Crippen LogP contribution in [-0.4, -0.2) is 25.2 Å². The second-order valence-corrected chi connectivity index (χ2v) is 9.42. The van der Waals surface area contributed by atoms with Crippen LogP contribution >= 0.6 is 0 Å². The van der Waals surface area contributed by atoms with Crippen LogP contribution in [0, 0.1) is 0 Å². The maximum Gasteiger partial charge on any atom is 0.243 e. The molecule has 0 saturated heterocycles. The van der Waals surface area contributed by atoms with Gasteiger partial charge in [0.05, 0.1) is 11.4 Å². The third-order valence-corrected chi connectivity index (χ3v) is 7.06. The summed E-state index contributed by atoms with van der Waals surface area (Å²) in [6, 6.07) is 31.4. The van der Waals surface area contributed by atoms with Gasteiger partial charge in [-0.2, -0.15) is 4.31 Å². The minimum Gasteiger partial charge on any atom is -0.351 e. The fraction of sp³-hybridized carbons (Fsp3) is 0.115. The summed E-state index contributed by atoms with van der Waals surface area (Å²) in [5, 5.41) is 5.04. The van der Waals surface area contributed by atoms with Crippen LogP contribution in [0.5, 0.6) is 0 Å². The van der Waals surface area contributed by atoms with E-state index in [1.165, 1.54) is 4.31 Å². The van der Waals surface area contributed by atoms with Crippen LogP contribution in [0.25, 0.3) is 10.8 Å². The Kier molecular flexibility index (Phi) is 6.63. The Hall–Kier alpha value is -3.48. The van der Waals surface area contributed by atoms with E-state index < -0.39 is 10.0 Å². The first-order chi connectivity index (χ1) is 15.5. The molecular formula is C26H24N2O3S. The molecule has 6 heteroatoms. The lowest BCUT2D eigenvalue weighted by atomic mass is 10.0. The van der Waals surface area contributed by atoms with Gasteiger partial charge in [0.25, 0.3) is 0 Å². The van der Waals surface area contributed by atoms with Gasteiger partial charge >= 0.3 is 0 Å². The van der Waals surface area contributed by atoms with E-state index in [4.69, 9.17) is 0 Å². The third-order valence-electron chi connectivity index (χ3n) is 5.26. The van der Waals surface area contributed by atoms with Crippen molar-refractivity contribution in [1.82, 2.24) is 9.62 Å². The van der Waals surface area contributed by atoms with E-state index in [1.807, 2.05) is 72.8 Å². The number of carbonyl (C=O) groups excluding carboxylic acids is 1. The number of sulfonamides is 1. The van der Waals surface area contributed by atoms with Gasteiger partial charge in [-0.1, -0.05) is 91.0 Å². The molecule has 1 amide bonds. The molecule has 5 nitrogen and oxygen atoms in total. The van der Waals surface area contributed by atoms with E-state index in [9.17, 15) is 13.2 Å². The minimum absolute atomic E-state index is 0.111. The van der Waals surface area contributed by atoms with E-state index in [1.54, 1.807) is 30.3 Å². The highest BCUT2D eigenvalue weighted by atomic mass is 32.2. The van der Waals surface area contributed by atoms with Crippen molar-refractivity contribution in [3.63, 3.8) is 0 Å². The van der Waals surface area contributed by atoms with Crippen LogP contribution < -0.4 is 5.32 Å². The van der Waals surface area contributed by atoms with E-state index in [-0.39, 0.29) is 23.9 Å². The molecule has 0 atom stereocenters. The van der Waals surface area contributed by atoms with Crippen molar-refractivity contribution >= 4 is 26.7 Å². The summed E-state index contributed by atoms with van der Waals surface area (Å²) >= 11 is 0. The molecule has 0 aliphatic rings. The molecule has 4 aromatic carbocycles. The molecule has 0 bridgehead atoms. The first-order valence-electron chi connectivity index (χ1n) is 10.4. The number of nitrogens with zero attached hydrogens (tertiary/aromatic N) is 1. The molecule has 4 aromatic rings. The van der Waals surface area contributed by atoms with Crippen LogP contribution in [0.3, 0.4) is 0 Å². The van der Waals surface area contributed by atoms with Crippen molar-refractivity contribution in [3.05, 3.63) is 114 Å². The van der Waals surface area contributed by atoms with Gasteiger partial charge in [-0.05, 0) is 34.0 Å². The number of nitrogens with one attached hydrogen (secondary N) is 1. The molecule has 0 spiro atoms. The monoisotopic (exact) mass is 444 g/mol. The number of hydrogen-bond donors (Lipinski definition) is 1. The Balaban J connectivity index is 1.53. The predicted octanol–water partition coefficient (Wildman–Crippen LogP) is 4.35. The zero-order valence-corrected chi connectivity index (χ0v) is 18.3. The molecule has 0 saturated carbocycles. The zero-order valence-electron chi connectivity index (χ0n) is 17.5. The van der Waals surface area contributed by atoms with E-state index in [0.717, 1.165) is 21.9 Å². The Morgan fingerprint density at radius 2 is 1.38 bits per heavy atom. The largest absolute Gasteiger partial charge is 0.351 e. The number of fused-ring (bicyclic) bond motifs is 1. The SMILES string of the molecule is O=C(CN(Cc1ccccc1)S(=O)(=O)c1ccccc1)NCc1cccc2ccccc12. The number of carbonyl (C=O) groups is 1. The number of hydrogen-bond acceptors (Lipinski definition) is 3. The Bertz CT molecular complexity index is 1300. The smallest absolute Gasteiger partial charge is 0.243 e. The zero-order chi connectivity index (χ0) is 22.4. The van der Waals surface area contributed by atoms with E-state index in [2.05, 4.69) is 5.32 Å². The number of amides is 1. The first-order valence-corrected chi connectivity index (χ1v) is 11.8. The summed E-state index contributed by atoms with van der Waals surface area (Å²) in [5.74, 6) is -0.353. The highest BCUT2D eigenvalue weighted by Gasteiger charge is 2.26. The quantitative estimate of drug-likeness (QED) is 0.439. The Morgan fingerprint density at radius 3 is 2.12 bits per heavy atom. The molecule has 0 aliphatic carbocycles. The minimum atomic E-state index is -3.84. The van der Waals surface area contributed by atoms with E-state index >= 15 is 0 Å². The van der Waals surface area contributed by atoms with Crippen LogP contribution in [0.2, 0.25) is 0 Å². The van der Waals surface area contributed by atoms with Gasteiger partial charge in [0.2, 0.25) is 15.9 Å². The van der Waals surface area contributed by atoms with Crippen molar-refractivity contribution in [2.24, 2.45) is 0 Å². The first kappa shape index (κ1) is 21.7. The van der Waals surface area contributed by atoms with Gasteiger partial charge in [-0.25, -0.2) is 8.42 Å². The van der Waals surface area contributed by atoms with Gasteiger partial charge in [-0.15, -0.1) is 0 Å². The topological polar surface area (TPSA) is 66.5 Å². The summed E-state index contributed by atoms with van der Waals surface area (Å²) in [6.07, 6.45) is 0. The van der Waals surface area contributed by atoms with Crippen LogP contribution in [0.1, 0.15) is 11.1 Å². The standard InChI is InChI=1S/C26H24N2O3S/c29-26(27-18-23-14-9-13-22-12-7-8-17-25(22)23)20-28(19-21-10-3-1-4-11-21)32(30,31)24-15-5-2-6-16-24/h1-17H,18-20H2,(H,27,29). The molecule has 4 rings (SSSR count). The van der Waals surface area contributed by atoms with Crippen molar-refractivity contribution < 1.29 is 13.2 Å². The van der Waals surface area contributed by atoms with E-state index in [0.29, 0.717) is 6.54 Å². The van der Waals surface area contributed by atoms with Crippen molar-refractivity contribution in [3.8, 4) is 0 Å². The van der Waals surface area contributed by atoms with Gasteiger partial charge in [0, 0.05) is 13.1 Å².